The molecule has 0 aromatic rings. The van der Waals surface area contributed by atoms with E-state index in [1.54, 1.807) is 18.8 Å². The molecule has 8 N–H and O–H groups in total. The number of aliphatic carboxylic acids is 2. The fraction of sp³-hybridized carbons (Fsp3) is 0.889. The Bertz CT molecular complexity index is 482. The van der Waals surface area contributed by atoms with Gasteiger partial charge in [-0.3, -0.25) is 9.59 Å². The van der Waals surface area contributed by atoms with Crippen molar-refractivity contribution in [2.75, 3.05) is 12.5 Å². The van der Waals surface area contributed by atoms with Gasteiger partial charge < -0.3 is 32.5 Å². The molecular weight excluding hydrogens is 728 g/mol. The largest absolute Gasteiger partial charge is 0.693 e. The average Bonchev–Trinajstić information content (AvgIpc) is 2.88. The summed E-state index contributed by atoms with van der Waals surface area (Å²) in [5.41, 5.74) is 4.61. The van der Waals surface area contributed by atoms with Crippen LogP contribution in [0.5, 0.6) is 0 Å². The van der Waals surface area contributed by atoms with Crippen molar-refractivity contribution in [1.82, 2.24) is 5.32 Å². The molecule has 1 amide bonds. The molecule has 9 nitrogen and oxygen atoms in total. The number of carbonyl (C=O) groups is 3. The molecule has 240 valence electrons. The minimum Gasteiger partial charge on any atom is -0.693 e. The fourth-order valence-electron chi connectivity index (χ4n) is 3.61. The first-order valence-electron chi connectivity index (χ1n) is 14.1. The predicted octanol–water partition coefficient (Wildman–Crippen LogP) is 9.17. The van der Waals surface area contributed by atoms with Crippen LogP contribution in [0.1, 0.15) is 142 Å². The third-order valence-corrected chi connectivity index (χ3v) is 5.61. The topological polar surface area (TPSA) is 183 Å². The second-order valence-electron chi connectivity index (χ2n) is 9.04. The molecule has 0 aliphatic rings. The molecule has 0 saturated heterocycles. The number of alkyl halides is 1. The Morgan fingerprint density at radius 1 is 0.615 bits per heavy atom. The van der Waals surface area contributed by atoms with Gasteiger partial charge >= 0.3 is 46.2 Å². The monoisotopic (exact) mass is 784 g/mol. The van der Waals surface area contributed by atoms with Crippen LogP contribution in [0, 0.1) is 0 Å². The van der Waals surface area contributed by atoms with Crippen LogP contribution < -0.4 is 11.1 Å². The molecule has 0 radical (unpaired) electrons. The van der Waals surface area contributed by atoms with Gasteiger partial charge in [0.25, 0.3) is 0 Å². The average molecular weight is 786 g/mol. The number of carboxylic acid groups (broad SMARTS) is 3. The van der Waals surface area contributed by atoms with Crippen LogP contribution in [0.4, 0.5) is 4.79 Å². The van der Waals surface area contributed by atoms with Crippen LogP contribution in [0.3, 0.4) is 0 Å². The summed E-state index contributed by atoms with van der Waals surface area (Å²) in [4.78, 5) is 29.6. The predicted molar refractivity (Wildman–Crippen MR) is 160 cm³/mol. The molecule has 0 aliphatic carbocycles. The first-order chi connectivity index (χ1) is 18.3. The Kier molecular flexibility index (Phi) is 58.3. The molecule has 0 unspecified atom stereocenters. The summed E-state index contributed by atoms with van der Waals surface area (Å²) in [6.07, 6.45) is 24.5. The Labute approximate surface area is 258 Å². The van der Waals surface area contributed by atoms with Gasteiger partial charge in [-0.15, -0.1) is 11.6 Å². The van der Waals surface area contributed by atoms with E-state index < -0.39 is 18.0 Å². The van der Waals surface area contributed by atoms with Gasteiger partial charge in [-0.2, -0.15) is 0 Å². The van der Waals surface area contributed by atoms with Crippen molar-refractivity contribution < 1.29 is 48.5 Å². The molecule has 0 aliphatic heterocycles. The van der Waals surface area contributed by atoms with Gasteiger partial charge in [0.05, 0.1) is 18.8 Å². The summed E-state index contributed by atoms with van der Waals surface area (Å²) >= 11 is 6.39. The summed E-state index contributed by atoms with van der Waals surface area (Å²) in [7, 11) is 4.61. The summed E-state index contributed by atoms with van der Waals surface area (Å²) in [5.74, 6) is -2.15. The van der Waals surface area contributed by atoms with Crippen molar-refractivity contribution in [3.05, 3.63) is 6.15 Å². The third kappa shape index (κ3) is 67.2. The number of unbranched alkanes of at least 4 members (excludes halogenated alkanes) is 18. The Balaban J connectivity index is -0.000000229. The maximum absolute atomic E-state index is 10.3. The number of hydrogen-bond acceptors (Lipinski definition) is 4. The number of carboxylic acids is 2. The van der Waals surface area contributed by atoms with E-state index in [2.05, 4.69) is 27.4 Å². The molecule has 0 spiro atoms. The third-order valence-electron chi connectivity index (χ3n) is 5.61. The fourth-order valence-corrected chi connectivity index (χ4v) is 3.61. The SMILES string of the molecule is CCCCCCCCCCCCCCCCCCCCCNC(=O)O.NCCl.O=C(O)CCC(=O)O.[Cl][Pt+].[NH2-]. The number of halogens is 2. The molecule has 0 aromatic heterocycles. The minimum absolute atomic E-state index is 0. The molecule has 0 heterocycles. The van der Waals surface area contributed by atoms with Gasteiger partial charge in [0, 0.05) is 6.54 Å². The molecule has 0 fully saturated rings. The van der Waals surface area contributed by atoms with E-state index in [1.807, 2.05) is 0 Å². The normalized spacial score (nSPS) is 9.38. The summed E-state index contributed by atoms with van der Waals surface area (Å²) < 4.78 is 0. The van der Waals surface area contributed by atoms with Crippen LogP contribution in [-0.4, -0.2) is 45.9 Å². The van der Waals surface area contributed by atoms with E-state index in [0.717, 1.165) is 12.8 Å². The summed E-state index contributed by atoms with van der Waals surface area (Å²) in [5, 5.41) is 26.7. The molecule has 39 heavy (non-hydrogen) atoms. The van der Waals surface area contributed by atoms with Gasteiger partial charge in [-0.1, -0.05) is 122 Å². The molecule has 0 atom stereocenters. The quantitative estimate of drug-likeness (QED) is 0.0389. The zero-order chi connectivity index (χ0) is 29.7. The van der Waals surface area contributed by atoms with Crippen LogP contribution in [0.25, 0.3) is 6.15 Å². The number of nitrogens with one attached hydrogen (secondary N) is 1. The van der Waals surface area contributed by atoms with E-state index in [1.165, 1.54) is 109 Å². The van der Waals surface area contributed by atoms with Gasteiger partial charge in [0.15, 0.2) is 0 Å². The number of rotatable bonds is 23. The number of nitrogens with two attached hydrogens (primary N) is 2. The van der Waals surface area contributed by atoms with Crippen LogP contribution >= 0.6 is 21.0 Å². The maximum atomic E-state index is 10.3. The standard InChI is InChI=1S/C22H45NO2.C4H6O4.CH4ClN.ClH.H2N.Pt/c1-2-3-4-5-6-7-8-9-10-11-12-13-14-15-16-17-18-19-20-21-23-22(24)25;5-3(6)1-2-4(7)8;2-1-3;;;/h23H,2-21H2,1H3,(H,24,25);1-2H2,(H,5,6)(H,7,8);1,3H2;1H;1H2;/q;;;;-1;+2/p-1. The van der Waals surface area contributed by atoms with E-state index >= 15 is 0 Å². The number of amides is 1. The van der Waals surface area contributed by atoms with Crippen molar-refractivity contribution >= 4 is 39.1 Å². The van der Waals surface area contributed by atoms with Gasteiger partial charge in [0.1, 0.15) is 0 Å². The van der Waals surface area contributed by atoms with Crippen LogP contribution in [-0.2, 0) is 28.4 Å². The second-order valence-corrected chi connectivity index (χ2v) is 9.35. The van der Waals surface area contributed by atoms with E-state index in [4.69, 9.17) is 26.9 Å². The van der Waals surface area contributed by atoms with E-state index in [9.17, 15) is 14.4 Å². The molecular formula is C27H57Cl2N3O6Pt. The van der Waals surface area contributed by atoms with Crippen molar-refractivity contribution in [3.8, 4) is 0 Å². The van der Waals surface area contributed by atoms with Crippen molar-refractivity contribution in [3.63, 3.8) is 0 Å². The Hall–Kier alpha value is -0.602. The van der Waals surface area contributed by atoms with Gasteiger partial charge in [-0.05, 0) is 6.42 Å². The van der Waals surface area contributed by atoms with E-state index in [0.29, 0.717) is 6.54 Å². The van der Waals surface area contributed by atoms with Crippen LogP contribution in [0.2, 0.25) is 0 Å². The van der Waals surface area contributed by atoms with Crippen molar-refractivity contribution in [2.45, 2.75) is 142 Å². The first-order valence-corrected chi connectivity index (χ1v) is 17.4. The zero-order valence-corrected chi connectivity index (χ0v) is 27.8. The molecule has 0 saturated carbocycles. The Morgan fingerprint density at radius 2 is 0.846 bits per heavy atom. The van der Waals surface area contributed by atoms with Gasteiger partial charge in [-0.25, -0.2) is 4.79 Å². The molecule has 0 aromatic carbocycles. The summed E-state index contributed by atoms with van der Waals surface area (Å²) in [6, 6.07) is 0.222. The smallest absolute Gasteiger partial charge is 0.693 e. The number of hydrogen-bond donors (Lipinski definition) is 5. The van der Waals surface area contributed by atoms with Crippen molar-refractivity contribution in [1.29, 1.82) is 0 Å². The summed E-state index contributed by atoms with van der Waals surface area (Å²) in [6.45, 7) is 2.89. The van der Waals surface area contributed by atoms with E-state index in [-0.39, 0.29) is 25.0 Å². The van der Waals surface area contributed by atoms with Crippen LogP contribution in [0.15, 0.2) is 0 Å². The minimum atomic E-state index is -1.08. The molecule has 12 heteroatoms. The maximum Gasteiger partial charge on any atom is -0.693 e. The van der Waals surface area contributed by atoms with Gasteiger partial charge in [0.2, 0.25) is 0 Å². The zero-order valence-electron chi connectivity index (χ0n) is 24.1. The van der Waals surface area contributed by atoms with Crippen molar-refractivity contribution in [2.24, 2.45) is 5.73 Å². The second kappa shape index (κ2) is 47.2. The first kappa shape index (κ1) is 48.1. The molecule has 0 bridgehead atoms. The Morgan fingerprint density at radius 3 is 1.05 bits per heavy atom. The molecule has 0 rings (SSSR count).